The van der Waals surface area contributed by atoms with Gasteiger partial charge in [-0.2, -0.15) is 0 Å². The summed E-state index contributed by atoms with van der Waals surface area (Å²) in [5.41, 5.74) is 0.317. The van der Waals surface area contributed by atoms with Crippen LogP contribution in [0.1, 0.15) is 10.6 Å². The van der Waals surface area contributed by atoms with Gasteiger partial charge in [-0.25, -0.2) is 0 Å². The van der Waals surface area contributed by atoms with Gasteiger partial charge in [0.15, 0.2) is 10.4 Å². The summed E-state index contributed by atoms with van der Waals surface area (Å²) >= 11 is 15.1. The number of carbonyl (C=O) groups is 2. The molecule has 0 fully saturated rings. The molecule has 1 N–H and O–H groups in total. The lowest BCUT2D eigenvalue weighted by Crippen LogP contribution is -2.34. The molecule has 0 atom stereocenters. The fourth-order valence-corrected chi connectivity index (χ4v) is 2.50. The second kappa shape index (κ2) is 7.17. The fraction of sp³-hybridized carbons (Fsp3) is 0.143. The summed E-state index contributed by atoms with van der Waals surface area (Å²) in [6.07, 6.45) is 0. The number of para-hydroxylation sites is 1. The molecule has 116 valence electrons. The molecule has 2 amide bonds. The summed E-state index contributed by atoms with van der Waals surface area (Å²) in [7, 11) is 1.49. The van der Waals surface area contributed by atoms with Crippen molar-refractivity contribution in [3.63, 3.8) is 0 Å². The molecular weight excluding hydrogens is 395 g/mol. The minimum Gasteiger partial charge on any atom is -0.444 e. The Morgan fingerprint density at radius 1 is 1.23 bits per heavy atom. The Hall–Kier alpha value is -1.50. The molecular formula is C14H11BrCl2N2O3. The van der Waals surface area contributed by atoms with E-state index in [1.807, 2.05) is 0 Å². The summed E-state index contributed by atoms with van der Waals surface area (Å²) in [6.45, 7) is -0.168. The molecule has 2 aromatic rings. The second-order valence-electron chi connectivity index (χ2n) is 4.41. The average molecular weight is 406 g/mol. The Kier molecular flexibility index (Phi) is 5.50. The van der Waals surface area contributed by atoms with E-state index in [0.717, 1.165) is 0 Å². The van der Waals surface area contributed by atoms with Crippen molar-refractivity contribution in [1.82, 2.24) is 4.90 Å². The third kappa shape index (κ3) is 4.03. The molecule has 0 bridgehead atoms. The smallest absolute Gasteiger partial charge is 0.289 e. The number of benzene rings is 1. The van der Waals surface area contributed by atoms with Crippen LogP contribution in [0.2, 0.25) is 10.0 Å². The molecule has 0 radical (unpaired) electrons. The predicted octanol–water partition coefficient (Wildman–Crippen LogP) is 4.06. The molecule has 0 spiro atoms. The van der Waals surface area contributed by atoms with Crippen molar-refractivity contribution in [2.45, 2.75) is 0 Å². The fourth-order valence-electron chi connectivity index (χ4n) is 1.70. The number of rotatable bonds is 4. The number of hydrogen-bond acceptors (Lipinski definition) is 3. The van der Waals surface area contributed by atoms with Gasteiger partial charge in [0.05, 0.1) is 22.3 Å². The quantitative estimate of drug-likeness (QED) is 0.834. The van der Waals surface area contributed by atoms with E-state index in [-0.39, 0.29) is 12.3 Å². The number of hydrogen-bond donors (Lipinski definition) is 1. The van der Waals surface area contributed by atoms with Crippen LogP contribution in [0.3, 0.4) is 0 Å². The van der Waals surface area contributed by atoms with Gasteiger partial charge in [0.2, 0.25) is 5.91 Å². The molecule has 1 aromatic carbocycles. The largest absolute Gasteiger partial charge is 0.444 e. The van der Waals surface area contributed by atoms with Gasteiger partial charge in [0.25, 0.3) is 5.91 Å². The van der Waals surface area contributed by atoms with Crippen LogP contribution < -0.4 is 5.32 Å². The lowest BCUT2D eigenvalue weighted by atomic mass is 10.3. The molecule has 1 aromatic heterocycles. The molecule has 0 unspecified atom stereocenters. The second-order valence-corrected chi connectivity index (χ2v) is 6.01. The molecule has 22 heavy (non-hydrogen) atoms. The maximum Gasteiger partial charge on any atom is 0.289 e. The Bertz CT molecular complexity index is 698. The molecule has 0 saturated heterocycles. The van der Waals surface area contributed by atoms with E-state index in [2.05, 4.69) is 21.2 Å². The van der Waals surface area contributed by atoms with E-state index >= 15 is 0 Å². The van der Waals surface area contributed by atoms with Gasteiger partial charge >= 0.3 is 0 Å². The van der Waals surface area contributed by atoms with Crippen molar-refractivity contribution in [1.29, 1.82) is 0 Å². The van der Waals surface area contributed by atoms with Crippen molar-refractivity contribution in [3.05, 3.63) is 50.8 Å². The average Bonchev–Trinajstić information content (AvgIpc) is 2.88. The SMILES string of the molecule is CN(CC(=O)Nc1c(Cl)cccc1Cl)C(=O)c1ccc(Br)o1. The van der Waals surface area contributed by atoms with Gasteiger partial charge in [-0.3, -0.25) is 9.59 Å². The summed E-state index contributed by atoms with van der Waals surface area (Å²) in [5.74, 6) is -0.694. The monoisotopic (exact) mass is 404 g/mol. The van der Waals surface area contributed by atoms with E-state index in [0.29, 0.717) is 20.4 Å². The topological polar surface area (TPSA) is 62.6 Å². The highest BCUT2D eigenvalue weighted by molar-refractivity contribution is 9.10. The molecule has 0 aliphatic rings. The Morgan fingerprint density at radius 3 is 2.41 bits per heavy atom. The third-order valence-electron chi connectivity index (χ3n) is 2.74. The van der Waals surface area contributed by atoms with Crippen molar-refractivity contribution >= 4 is 56.6 Å². The van der Waals surface area contributed by atoms with E-state index in [9.17, 15) is 9.59 Å². The first-order valence-corrected chi connectivity index (χ1v) is 7.68. The first-order valence-electron chi connectivity index (χ1n) is 6.13. The first-order chi connectivity index (χ1) is 10.4. The zero-order chi connectivity index (χ0) is 16.3. The molecule has 2 rings (SSSR count). The van der Waals surface area contributed by atoms with Crippen LogP contribution in [0, 0.1) is 0 Å². The minimum atomic E-state index is -0.420. The standard InChI is InChI=1S/C14H11BrCl2N2O3/c1-19(14(21)10-5-6-11(15)22-10)7-12(20)18-13-8(16)3-2-4-9(13)17/h2-6H,7H2,1H3,(H,18,20). The number of anilines is 1. The number of nitrogens with zero attached hydrogens (tertiary/aromatic N) is 1. The van der Waals surface area contributed by atoms with Crippen LogP contribution in [0.25, 0.3) is 0 Å². The molecule has 8 heteroatoms. The van der Waals surface area contributed by atoms with E-state index < -0.39 is 11.8 Å². The number of amides is 2. The summed E-state index contributed by atoms with van der Waals surface area (Å²) in [6, 6.07) is 8.01. The lowest BCUT2D eigenvalue weighted by molar-refractivity contribution is -0.116. The first kappa shape index (κ1) is 16.9. The van der Waals surface area contributed by atoms with Crippen LogP contribution in [-0.2, 0) is 4.79 Å². The highest BCUT2D eigenvalue weighted by atomic mass is 79.9. The Balaban J connectivity index is 2.01. The Labute approximate surface area is 145 Å². The third-order valence-corrected chi connectivity index (χ3v) is 3.79. The summed E-state index contributed by atoms with van der Waals surface area (Å²) in [5, 5.41) is 3.23. The highest BCUT2D eigenvalue weighted by Gasteiger charge is 2.19. The zero-order valence-electron chi connectivity index (χ0n) is 11.4. The lowest BCUT2D eigenvalue weighted by Gasteiger charge is -2.16. The maximum atomic E-state index is 12.1. The molecule has 5 nitrogen and oxygen atoms in total. The molecule has 0 aliphatic heterocycles. The van der Waals surface area contributed by atoms with Gasteiger partial charge in [0.1, 0.15) is 0 Å². The van der Waals surface area contributed by atoms with E-state index in [4.69, 9.17) is 27.6 Å². The van der Waals surface area contributed by atoms with Crippen molar-refractivity contribution < 1.29 is 14.0 Å². The Morgan fingerprint density at radius 2 is 1.86 bits per heavy atom. The van der Waals surface area contributed by atoms with Crippen LogP contribution in [-0.4, -0.2) is 30.3 Å². The van der Waals surface area contributed by atoms with E-state index in [1.54, 1.807) is 24.3 Å². The van der Waals surface area contributed by atoms with Gasteiger partial charge in [-0.05, 0) is 40.2 Å². The number of halogens is 3. The highest BCUT2D eigenvalue weighted by Crippen LogP contribution is 2.29. The number of nitrogens with one attached hydrogen (secondary N) is 1. The summed E-state index contributed by atoms with van der Waals surface area (Å²) < 4.78 is 5.60. The zero-order valence-corrected chi connectivity index (χ0v) is 14.5. The van der Waals surface area contributed by atoms with Crippen molar-refractivity contribution in [2.24, 2.45) is 0 Å². The van der Waals surface area contributed by atoms with Crippen LogP contribution >= 0.6 is 39.1 Å². The van der Waals surface area contributed by atoms with Crippen molar-refractivity contribution in [3.8, 4) is 0 Å². The minimum absolute atomic E-state index is 0.137. The number of likely N-dealkylation sites (N-methyl/N-ethyl adjacent to an activating group) is 1. The van der Waals surface area contributed by atoms with Crippen LogP contribution in [0.15, 0.2) is 39.4 Å². The predicted molar refractivity (Wildman–Crippen MR) is 88.5 cm³/mol. The molecule has 0 saturated carbocycles. The van der Waals surface area contributed by atoms with Gasteiger partial charge in [0, 0.05) is 7.05 Å². The van der Waals surface area contributed by atoms with Crippen LogP contribution in [0.4, 0.5) is 5.69 Å². The summed E-state index contributed by atoms with van der Waals surface area (Å²) in [4.78, 5) is 25.3. The normalized spacial score (nSPS) is 10.4. The van der Waals surface area contributed by atoms with Crippen molar-refractivity contribution in [2.75, 3.05) is 18.9 Å². The van der Waals surface area contributed by atoms with E-state index in [1.165, 1.54) is 18.0 Å². The number of furan rings is 1. The van der Waals surface area contributed by atoms with Gasteiger partial charge < -0.3 is 14.6 Å². The maximum absolute atomic E-state index is 12.1. The number of carbonyl (C=O) groups excluding carboxylic acids is 2. The van der Waals surface area contributed by atoms with Gasteiger partial charge in [-0.1, -0.05) is 29.3 Å². The van der Waals surface area contributed by atoms with Crippen LogP contribution in [0.5, 0.6) is 0 Å². The molecule has 0 aliphatic carbocycles. The van der Waals surface area contributed by atoms with Gasteiger partial charge in [-0.15, -0.1) is 0 Å². The molecule has 1 heterocycles.